The number of rotatable bonds is 3. The van der Waals surface area contributed by atoms with E-state index < -0.39 is 0 Å². The summed E-state index contributed by atoms with van der Waals surface area (Å²) in [5, 5.41) is 5.19. The Morgan fingerprint density at radius 2 is 0.746 bits per heavy atom. The molecule has 0 radical (unpaired) electrons. The molecule has 0 spiro atoms. The maximum Gasteiger partial charge on any atom is 0.0625 e. The normalized spacial score (nSPS) is 15.8. The minimum Gasteiger partial charge on any atom is -0.309 e. The molecule has 0 fully saturated rings. The first-order valence-corrected chi connectivity index (χ1v) is 24.1. The van der Waals surface area contributed by atoms with Gasteiger partial charge in [-0.1, -0.05) is 153 Å². The molecule has 0 amide bonds. The van der Waals surface area contributed by atoms with Crippen LogP contribution in [0.15, 0.2) is 108 Å². The van der Waals surface area contributed by atoms with Crippen LogP contribution >= 0.6 is 15.9 Å². The zero-order chi connectivity index (χ0) is 45.6. The third kappa shape index (κ3) is 7.30. The van der Waals surface area contributed by atoms with Crippen molar-refractivity contribution in [2.75, 3.05) is 0 Å². The third-order valence-corrected chi connectivity index (χ3v) is 15.3. The highest BCUT2D eigenvalue weighted by atomic mass is 79.9. The fourth-order valence-electron chi connectivity index (χ4n) is 10.3. The molecule has 63 heavy (non-hydrogen) atoms. The largest absolute Gasteiger partial charge is 0.309 e. The SMILES string of the molecule is CC(C)(C)c1ccc2c(c1)c1cc(C(C)(C)C)ccc1n2-c1cc(-n2c3ccc(C(C)(C)C)cc3c3cc(C(C)(C)C)ccc32)c(-c2ccc3c(c2)C(C)(C)CCC3(C)C)cc1Br. The minimum atomic E-state index is 0.0140. The van der Waals surface area contributed by atoms with Crippen molar-refractivity contribution < 1.29 is 0 Å². The van der Waals surface area contributed by atoms with Crippen molar-refractivity contribution in [1.29, 1.82) is 0 Å². The standard InChI is InChI=1S/C60H69BrN2/c1-55(2,3)37-18-23-49-42(30-37)43-31-38(56(4,5)6)19-24-50(43)62(49)53-35-54(48(61)34-41(53)36-17-22-46-47(29-36)60(15,16)28-27-59(46,13)14)63-51-25-20-39(57(7,8)9)32-44(51)45-33-40(58(10,11)12)21-26-52(45)63/h17-26,29-35H,27-28H2,1-16H3. The molecule has 1 aliphatic carbocycles. The van der Waals surface area contributed by atoms with E-state index in [1.54, 1.807) is 0 Å². The average Bonchev–Trinajstić information content (AvgIpc) is 3.69. The molecule has 2 aromatic heterocycles. The summed E-state index contributed by atoms with van der Waals surface area (Å²) in [4.78, 5) is 0. The molecule has 0 bridgehead atoms. The highest BCUT2D eigenvalue weighted by Gasteiger charge is 2.37. The molecule has 1 aliphatic rings. The van der Waals surface area contributed by atoms with E-state index in [2.05, 4.69) is 239 Å². The van der Waals surface area contributed by atoms with Gasteiger partial charge in [-0.15, -0.1) is 0 Å². The van der Waals surface area contributed by atoms with Crippen LogP contribution in [-0.4, -0.2) is 9.13 Å². The zero-order valence-electron chi connectivity index (χ0n) is 41.0. The summed E-state index contributed by atoms with van der Waals surface area (Å²) in [5.74, 6) is 0. The van der Waals surface area contributed by atoms with Gasteiger partial charge >= 0.3 is 0 Å². The molecule has 9 rings (SSSR count). The van der Waals surface area contributed by atoms with E-state index in [9.17, 15) is 0 Å². The van der Waals surface area contributed by atoms with Crippen LogP contribution in [0.2, 0.25) is 0 Å². The van der Waals surface area contributed by atoms with Crippen LogP contribution < -0.4 is 0 Å². The monoisotopic (exact) mass is 896 g/mol. The van der Waals surface area contributed by atoms with Gasteiger partial charge in [0.15, 0.2) is 0 Å². The van der Waals surface area contributed by atoms with Crippen LogP contribution in [0.5, 0.6) is 0 Å². The summed E-state index contributed by atoms with van der Waals surface area (Å²) in [6, 6.07) is 41.0. The molecule has 6 aromatic carbocycles. The molecule has 0 N–H and O–H groups in total. The van der Waals surface area contributed by atoms with Crippen LogP contribution in [-0.2, 0) is 32.5 Å². The number of hydrogen-bond acceptors (Lipinski definition) is 0. The van der Waals surface area contributed by atoms with Crippen molar-refractivity contribution in [2.45, 2.75) is 156 Å². The Labute approximate surface area is 386 Å². The van der Waals surface area contributed by atoms with Crippen LogP contribution in [0, 0.1) is 0 Å². The summed E-state index contributed by atoms with van der Waals surface area (Å²) >= 11 is 4.27. The van der Waals surface area contributed by atoms with E-state index in [0.29, 0.717) is 0 Å². The summed E-state index contributed by atoms with van der Waals surface area (Å²) in [6.07, 6.45) is 2.37. The lowest BCUT2D eigenvalue weighted by Crippen LogP contribution is -2.33. The molecule has 326 valence electrons. The lowest BCUT2D eigenvalue weighted by molar-refractivity contribution is 0.332. The molecular weight excluding hydrogens is 829 g/mol. The van der Waals surface area contributed by atoms with Crippen molar-refractivity contribution in [1.82, 2.24) is 9.13 Å². The van der Waals surface area contributed by atoms with E-state index in [1.165, 1.54) is 107 Å². The van der Waals surface area contributed by atoms with Gasteiger partial charge < -0.3 is 9.13 Å². The summed E-state index contributed by atoms with van der Waals surface area (Å²) in [7, 11) is 0. The Kier molecular flexibility index (Phi) is 9.84. The van der Waals surface area contributed by atoms with Gasteiger partial charge in [-0.05, 0) is 161 Å². The molecule has 0 saturated carbocycles. The molecule has 0 saturated heterocycles. The summed E-state index contributed by atoms with van der Waals surface area (Å²) < 4.78 is 6.16. The van der Waals surface area contributed by atoms with Gasteiger partial charge in [0.05, 0.1) is 33.4 Å². The number of aromatic nitrogens is 2. The zero-order valence-corrected chi connectivity index (χ0v) is 42.6. The Hall–Kier alpha value is -4.60. The molecule has 0 aliphatic heterocycles. The quantitative estimate of drug-likeness (QED) is 0.167. The van der Waals surface area contributed by atoms with E-state index in [1.807, 2.05) is 0 Å². The average molecular weight is 898 g/mol. The first-order valence-electron chi connectivity index (χ1n) is 23.3. The lowest BCUT2D eigenvalue weighted by Gasteiger charge is -2.42. The Morgan fingerprint density at radius 3 is 1.11 bits per heavy atom. The molecule has 8 aromatic rings. The lowest BCUT2D eigenvalue weighted by atomic mass is 9.63. The van der Waals surface area contributed by atoms with Crippen LogP contribution in [0.25, 0.3) is 66.1 Å². The first kappa shape index (κ1) is 43.6. The second-order valence-corrected chi connectivity index (χ2v) is 25.3. The van der Waals surface area contributed by atoms with Gasteiger partial charge in [-0.25, -0.2) is 0 Å². The maximum atomic E-state index is 4.27. The summed E-state index contributed by atoms with van der Waals surface area (Å²) in [6.45, 7) is 37.6. The molecule has 2 heterocycles. The van der Waals surface area contributed by atoms with Crippen molar-refractivity contribution >= 4 is 59.5 Å². The Bertz CT molecular complexity index is 3010. The highest BCUT2D eigenvalue weighted by Crippen LogP contribution is 2.49. The number of fused-ring (bicyclic) bond motifs is 7. The van der Waals surface area contributed by atoms with E-state index in [-0.39, 0.29) is 32.5 Å². The van der Waals surface area contributed by atoms with Crippen LogP contribution in [0.1, 0.15) is 157 Å². The topological polar surface area (TPSA) is 9.86 Å². The smallest absolute Gasteiger partial charge is 0.0625 e. The summed E-state index contributed by atoms with van der Waals surface area (Å²) in [5.41, 5.74) is 18.3. The van der Waals surface area contributed by atoms with Crippen LogP contribution in [0.4, 0.5) is 0 Å². The predicted octanol–water partition coefficient (Wildman–Crippen LogP) is 17.8. The number of halogens is 1. The van der Waals surface area contributed by atoms with Gasteiger partial charge in [0.2, 0.25) is 0 Å². The van der Waals surface area contributed by atoms with Crippen molar-refractivity contribution in [3.8, 4) is 22.5 Å². The molecule has 0 unspecified atom stereocenters. The Balaban J connectivity index is 1.43. The highest BCUT2D eigenvalue weighted by molar-refractivity contribution is 9.10. The van der Waals surface area contributed by atoms with E-state index in [4.69, 9.17) is 0 Å². The van der Waals surface area contributed by atoms with Gasteiger partial charge in [0.25, 0.3) is 0 Å². The van der Waals surface area contributed by atoms with Crippen molar-refractivity contribution in [3.63, 3.8) is 0 Å². The fourth-order valence-corrected chi connectivity index (χ4v) is 10.8. The third-order valence-electron chi connectivity index (χ3n) is 14.7. The van der Waals surface area contributed by atoms with Crippen molar-refractivity contribution in [3.05, 3.63) is 141 Å². The second kappa shape index (κ2) is 14.2. The first-order chi connectivity index (χ1) is 29.1. The Morgan fingerprint density at radius 1 is 0.397 bits per heavy atom. The fraction of sp³-hybridized carbons (Fsp3) is 0.400. The molecule has 2 nitrogen and oxygen atoms in total. The number of hydrogen-bond donors (Lipinski definition) is 0. The molecule has 3 heteroatoms. The van der Waals surface area contributed by atoms with Gasteiger partial charge in [0.1, 0.15) is 0 Å². The second-order valence-electron chi connectivity index (χ2n) is 24.4. The van der Waals surface area contributed by atoms with Crippen molar-refractivity contribution in [2.24, 2.45) is 0 Å². The van der Waals surface area contributed by atoms with Gasteiger partial charge in [-0.3, -0.25) is 0 Å². The van der Waals surface area contributed by atoms with Crippen LogP contribution in [0.3, 0.4) is 0 Å². The number of nitrogens with zero attached hydrogens (tertiary/aromatic N) is 2. The number of benzene rings is 6. The molecule has 0 atom stereocenters. The van der Waals surface area contributed by atoms with E-state index >= 15 is 0 Å². The van der Waals surface area contributed by atoms with E-state index in [0.717, 1.165) is 10.2 Å². The maximum absolute atomic E-state index is 4.27. The molecular formula is C60H69BrN2. The van der Waals surface area contributed by atoms with Gasteiger partial charge in [-0.2, -0.15) is 0 Å². The van der Waals surface area contributed by atoms with Gasteiger partial charge in [0, 0.05) is 31.6 Å². The minimum absolute atomic E-state index is 0.0140. The predicted molar refractivity (Wildman–Crippen MR) is 278 cm³/mol.